The highest BCUT2D eigenvalue weighted by Gasteiger charge is 2.32. The first-order valence-electron chi connectivity index (χ1n) is 8.38. The van der Waals surface area contributed by atoms with Crippen LogP contribution in [0, 0.1) is 0 Å². The van der Waals surface area contributed by atoms with Gasteiger partial charge in [-0.3, -0.25) is 0 Å². The van der Waals surface area contributed by atoms with Gasteiger partial charge in [-0.2, -0.15) is 25.8 Å². The van der Waals surface area contributed by atoms with E-state index in [1.54, 1.807) is 19.4 Å². The number of benzene rings is 1. The number of hydrogen-bond acceptors (Lipinski definition) is 5. The van der Waals surface area contributed by atoms with Crippen molar-refractivity contribution in [2.24, 2.45) is 5.73 Å². The number of rotatable bonds is 7. The van der Waals surface area contributed by atoms with Crippen molar-refractivity contribution < 1.29 is 17.9 Å². The van der Waals surface area contributed by atoms with Crippen molar-refractivity contribution in [3.63, 3.8) is 0 Å². The number of halogens is 3. The third-order valence-electron chi connectivity index (χ3n) is 3.40. The molecule has 0 amide bonds. The van der Waals surface area contributed by atoms with Crippen molar-refractivity contribution in [3.05, 3.63) is 59.4 Å². The normalized spacial score (nSPS) is 10.2. The Morgan fingerprint density at radius 3 is 2.15 bits per heavy atom. The van der Waals surface area contributed by atoms with E-state index in [0.29, 0.717) is 18.7 Å². The van der Waals surface area contributed by atoms with Crippen LogP contribution in [0.25, 0.3) is 0 Å². The molecule has 0 aliphatic carbocycles. The summed E-state index contributed by atoms with van der Waals surface area (Å²) < 4.78 is 42.8. The average Bonchev–Trinajstić information content (AvgIpc) is 2.71. The summed E-state index contributed by atoms with van der Waals surface area (Å²) >= 11 is 3.53. The van der Waals surface area contributed by atoms with Crippen LogP contribution < -0.4 is 15.8 Å². The Balaban J connectivity index is 0.00000158. The number of aromatic nitrogens is 1. The second-order valence-electron chi connectivity index (χ2n) is 5.11. The van der Waals surface area contributed by atoms with Gasteiger partial charge in [0.25, 0.3) is 0 Å². The fraction of sp³-hybridized carbons (Fsp3) is 0.421. The van der Waals surface area contributed by atoms with Crippen LogP contribution in [0.4, 0.5) is 13.2 Å². The highest BCUT2D eigenvalue weighted by molar-refractivity contribution is 7.79. The summed E-state index contributed by atoms with van der Waals surface area (Å²) in [6.07, 6.45) is -1.38. The maximum atomic E-state index is 12.6. The van der Waals surface area contributed by atoms with E-state index < -0.39 is 11.9 Å². The minimum absolute atomic E-state index is 0.441. The Labute approximate surface area is 164 Å². The molecular weight excluding hydrogens is 375 g/mol. The van der Waals surface area contributed by atoms with Crippen LogP contribution in [0.3, 0.4) is 0 Å². The Hall–Kier alpha value is -1.77. The SMILES string of the molecule is CN.COc1ccc(CCNCCc2cccc(C(F)(F)F)n2)cc1.CS. The fourth-order valence-electron chi connectivity index (χ4n) is 2.14. The predicted octanol–water partition coefficient (Wildman–Crippen LogP) is 3.60. The molecule has 3 N–H and O–H groups in total. The van der Waals surface area contributed by atoms with Crippen LogP contribution in [0.15, 0.2) is 42.5 Å². The Morgan fingerprint density at radius 1 is 1.00 bits per heavy atom. The second kappa shape index (κ2) is 14.3. The minimum atomic E-state index is -4.39. The number of ether oxygens (including phenoxy) is 1. The van der Waals surface area contributed by atoms with Gasteiger partial charge >= 0.3 is 6.18 Å². The highest BCUT2D eigenvalue weighted by Crippen LogP contribution is 2.27. The molecule has 0 fully saturated rings. The summed E-state index contributed by atoms with van der Waals surface area (Å²) in [5.41, 5.74) is 5.28. The molecule has 0 bridgehead atoms. The van der Waals surface area contributed by atoms with E-state index >= 15 is 0 Å². The van der Waals surface area contributed by atoms with Crippen molar-refractivity contribution in [2.75, 3.05) is 33.5 Å². The number of hydrogen-bond donors (Lipinski definition) is 3. The standard InChI is InChI=1S/C17H19F3N2O.CH5N.CH4S/c1-23-15-7-5-13(6-8-15)9-11-21-12-10-14-3-2-4-16(22-14)17(18,19)20;2*1-2/h2-8,21H,9-12H2,1H3;2H2,1H3;2H,1H3. The first kappa shape index (κ1) is 25.2. The average molecular weight is 404 g/mol. The third kappa shape index (κ3) is 10.2. The Bertz CT molecular complexity index is 622. The predicted molar refractivity (Wildman–Crippen MR) is 108 cm³/mol. The van der Waals surface area contributed by atoms with Gasteiger partial charge in [-0.25, -0.2) is 4.98 Å². The summed E-state index contributed by atoms with van der Waals surface area (Å²) in [6.45, 7) is 1.34. The van der Waals surface area contributed by atoms with Gasteiger partial charge in [0.05, 0.1) is 7.11 Å². The molecule has 1 aromatic carbocycles. The van der Waals surface area contributed by atoms with Crippen LogP contribution in [0.5, 0.6) is 5.75 Å². The van der Waals surface area contributed by atoms with Crippen molar-refractivity contribution >= 4 is 12.6 Å². The van der Waals surface area contributed by atoms with Gasteiger partial charge in [-0.1, -0.05) is 18.2 Å². The van der Waals surface area contributed by atoms with Crippen LogP contribution >= 0.6 is 12.6 Å². The molecule has 2 aromatic rings. The molecule has 0 saturated heterocycles. The molecule has 8 heteroatoms. The van der Waals surface area contributed by atoms with Crippen LogP contribution in [-0.4, -0.2) is 38.5 Å². The summed E-state index contributed by atoms with van der Waals surface area (Å²) in [4.78, 5) is 3.64. The van der Waals surface area contributed by atoms with Crippen LogP contribution in [-0.2, 0) is 19.0 Å². The summed E-state index contributed by atoms with van der Waals surface area (Å²) in [6, 6.07) is 11.8. The zero-order valence-electron chi connectivity index (χ0n) is 15.9. The highest BCUT2D eigenvalue weighted by atomic mass is 32.1. The van der Waals surface area contributed by atoms with Gasteiger partial charge in [-0.15, -0.1) is 0 Å². The lowest BCUT2D eigenvalue weighted by molar-refractivity contribution is -0.141. The minimum Gasteiger partial charge on any atom is -0.497 e. The number of nitrogens with zero attached hydrogens (tertiary/aromatic N) is 1. The smallest absolute Gasteiger partial charge is 0.433 e. The molecule has 0 radical (unpaired) electrons. The lowest BCUT2D eigenvalue weighted by atomic mass is 10.1. The lowest BCUT2D eigenvalue weighted by Gasteiger charge is -2.08. The Morgan fingerprint density at radius 2 is 1.59 bits per heavy atom. The van der Waals surface area contributed by atoms with Gasteiger partial charge in [-0.05, 0) is 56.1 Å². The number of nitrogens with two attached hydrogens (primary N) is 1. The zero-order valence-corrected chi connectivity index (χ0v) is 16.8. The Kier molecular flexibility index (Phi) is 13.4. The fourth-order valence-corrected chi connectivity index (χ4v) is 2.14. The van der Waals surface area contributed by atoms with E-state index in [-0.39, 0.29) is 0 Å². The number of thiol groups is 1. The molecule has 2 rings (SSSR count). The molecule has 0 spiro atoms. The number of nitrogens with one attached hydrogen (secondary N) is 1. The third-order valence-corrected chi connectivity index (χ3v) is 3.40. The molecule has 0 aliphatic heterocycles. The first-order chi connectivity index (χ1) is 13.0. The topological polar surface area (TPSA) is 60.2 Å². The maximum Gasteiger partial charge on any atom is 0.433 e. The molecule has 1 heterocycles. The summed E-state index contributed by atoms with van der Waals surface area (Å²) in [7, 11) is 3.12. The molecule has 0 unspecified atom stereocenters. The first-order valence-corrected chi connectivity index (χ1v) is 9.28. The monoisotopic (exact) mass is 403 g/mol. The molecule has 27 heavy (non-hydrogen) atoms. The van der Waals surface area contributed by atoms with Crippen molar-refractivity contribution in [1.82, 2.24) is 10.3 Å². The zero-order chi connectivity index (χ0) is 20.7. The quantitative estimate of drug-likeness (QED) is 0.488. The molecule has 1 aromatic heterocycles. The van der Waals surface area contributed by atoms with E-state index in [9.17, 15) is 13.2 Å². The van der Waals surface area contributed by atoms with E-state index in [2.05, 4.69) is 28.7 Å². The van der Waals surface area contributed by atoms with Crippen molar-refractivity contribution in [1.29, 1.82) is 0 Å². The number of methoxy groups -OCH3 is 1. The van der Waals surface area contributed by atoms with Gasteiger partial charge in [0.1, 0.15) is 11.4 Å². The van der Waals surface area contributed by atoms with Gasteiger partial charge < -0.3 is 15.8 Å². The molecule has 0 saturated carbocycles. The molecule has 152 valence electrons. The number of pyridine rings is 1. The largest absolute Gasteiger partial charge is 0.497 e. The molecule has 0 atom stereocenters. The van der Waals surface area contributed by atoms with Crippen LogP contribution in [0.1, 0.15) is 17.0 Å². The van der Waals surface area contributed by atoms with Gasteiger partial charge in [0.15, 0.2) is 0 Å². The lowest BCUT2D eigenvalue weighted by Crippen LogP contribution is -2.21. The van der Waals surface area contributed by atoms with Gasteiger partial charge in [0, 0.05) is 18.7 Å². The molecule has 0 aliphatic rings. The molecule has 4 nitrogen and oxygen atoms in total. The second-order valence-corrected chi connectivity index (χ2v) is 5.11. The maximum absolute atomic E-state index is 12.6. The van der Waals surface area contributed by atoms with E-state index in [4.69, 9.17) is 4.74 Å². The summed E-state index contributed by atoms with van der Waals surface area (Å²) in [5.74, 6) is 0.817. The van der Waals surface area contributed by atoms with Crippen molar-refractivity contribution in [3.8, 4) is 5.75 Å². The van der Waals surface area contributed by atoms with E-state index in [1.807, 2.05) is 24.3 Å². The molecular formula is C19H28F3N3OS. The summed E-state index contributed by atoms with van der Waals surface area (Å²) in [5, 5.41) is 3.22. The van der Waals surface area contributed by atoms with E-state index in [1.165, 1.54) is 18.7 Å². The van der Waals surface area contributed by atoms with Gasteiger partial charge in [0.2, 0.25) is 0 Å². The van der Waals surface area contributed by atoms with Crippen molar-refractivity contribution in [2.45, 2.75) is 19.0 Å². The number of alkyl halides is 3. The van der Waals surface area contributed by atoms with Crippen LogP contribution in [0.2, 0.25) is 0 Å². The van der Waals surface area contributed by atoms with E-state index in [0.717, 1.165) is 24.8 Å².